The molecule has 1 heterocycles. The first-order valence-corrected chi connectivity index (χ1v) is 6.20. The smallest absolute Gasteiger partial charge is 0.307 e. The summed E-state index contributed by atoms with van der Waals surface area (Å²) >= 11 is 0. The molecule has 102 valence electrons. The molecule has 0 saturated heterocycles. The van der Waals surface area contributed by atoms with Crippen LogP contribution in [0.15, 0.2) is 24.5 Å². The Morgan fingerprint density at radius 2 is 2.11 bits per heavy atom. The molecule has 1 aliphatic carbocycles. The van der Waals surface area contributed by atoms with Gasteiger partial charge in [0.2, 0.25) is 5.91 Å². The summed E-state index contributed by atoms with van der Waals surface area (Å²) in [6, 6.07) is 0. The van der Waals surface area contributed by atoms with Gasteiger partial charge in [-0.2, -0.15) is 0 Å². The normalized spacial score (nSPS) is 22.2. The van der Waals surface area contributed by atoms with Crippen LogP contribution >= 0.6 is 0 Å². The molecule has 19 heavy (non-hydrogen) atoms. The second-order valence-corrected chi connectivity index (χ2v) is 4.72. The first kappa shape index (κ1) is 13.3. The number of carboxylic acids is 1. The van der Waals surface area contributed by atoms with Gasteiger partial charge in [0.1, 0.15) is 5.82 Å². The van der Waals surface area contributed by atoms with Crippen LogP contribution in [0.1, 0.15) is 18.7 Å². The van der Waals surface area contributed by atoms with Gasteiger partial charge in [-0.1, -0.05) is 12.2 Å². The predicted octanol–water partition coefficient (Wildman–Crippen LogP) is 1.04. The molecule has 1 amide bonds. The largest absolute Gasteiger partial charge is 0.481 e. The third-order valence-corrected chi connectivity index (χ3v) is 3.38. The van der Waals surface area contributed by atoms with E-state index in [0.717, 1.165) is 0 Å². The Labute approximate surface area is 111 Å². The molecule has 2 atom stereocenters. The molecule has 1 aromatic rings. The molecule has 2 rings (SSSR count). The van der Waals surface area contributed by atoms with E-state index in [9.17, 15) is 14.7 Å². The molecule has 1 aliphatic rings. The van der Waals surface area contributed by atoms with Crippen LogP contribution in [-0.2, 0) is 16.1 Å². The summed E-state index contributed by atoms with van der Waals surface area (Å²) in [7, 11) is 1.67. The Morgan fingerprint density at radius 3 is 2.68 bits per heavy atom. The third kappa shape index (κ3) is 3.01. The highest BCUT2D eigenvalue weighted by molar-refractivity contribution is 5.85. The number of hydrogen-bond donors (Lipinski definition) is 2. The monoisotopic (exact) mass is 263 g/mol. The van der Waals surface area contributed by atoms with E-state index in [2.05, 4.69) is 9.97 Å². The highest BCUT2D eigenvalue weighted by atomic mass is 16.4. The minimum atomic E-state index is -0.908. The summed E-state index contributed by atoms with van der Waals surface area (Å²) in [5, 5.41) is 9.17. The van der Waals surface area contributed by atoms with Crippen molar-refractivity contribution in [3.05, 3.63) is 30.4 Å². The molecule has 6 nitrogen and oxygen atoms in total. The van der Waals surface area contributed by atoms with Gasteiger partial charge in [-0.05, 0) is 12.8 Å². The van der Waals surface area contributed by atoms with Crippen molar-refractivity contribution in [2.45, 2.75) is 19.4 Å². The highest BCUT2D eigenvalue weighted by Crippen LogP contribution is 2.27. The van der Waals surface area contributed by atoms with Crippen molar-refractivity contribution in [3.63, 3.8) is 0 Å². The zero-order valence-corrected chi connectivity index (χ0v) is 10.7. The van der Waals surface area contributed by atoms with Gasteiger partial charge in [-0.3, -0.25) is 9.59 Å². The fraction of sp³-hybridized carbons (Fsp3) is 0.462. The standard InChI is InChI=1S/C13H17N3O3/c1-16(8-11-14-6-7-15-11)12(17)9-4-2-3-5-10(9)13(18)19/h2-3,6-7,9-10H,4-5,8H2,1H3,(H,14,15)(H,18,19). The van der Waals surface area contributed by atoms with E-state index in [1.54, 1.807) is 19.4 Å². The first-order valence-electron chi connectivity index (χ1n) is 6.20. The molecule has 0 radical (unpaired) electrons. The molecule has 1 aromatic heterocycles. The second-order valence-electron chi connectivity index (χ2n) is 4.72. The van der Waals surface area contributed by atoms with Crippen LogP contribution in [0.3, 0.4) is 0 Å². The summed E-state index contributed by atoms with van der Waals surface area (Å²) in [5.41, 5.74) is 0. The Morgan fingerprint density at radius 1 is 1.42 bits per heavy atom. The van der Waals surface area contributed by atoms with Crippen LogP contribution in [-0.4, -0.2) is 38.9 Å². The Balaban J connectivity index is 2.05. The number of imidazole rings is 1. The van der Waals surface area contributed by atoms with Crippen LogP contribution < -0.4 is 0 Å². The van der Waals surface area contributed by atoms with Crippen LogP contribution in [0.25, 0.3) is 0 Å². The van der Waals surface area contributed by atoms with Crippen molar-refractivity contribution >= 4 is 11.9 Å². The maximum Gasteiger partial charge on any atom is 0.307 e. The molecule has 0 spiro atoms. The highest BCUT2D eigenvalue weighted by Gasteiger charge is 2.35. The van der Waals surface area contributed by atoms with Gasteiger partial charge in [-0.25, -0.2) is 4.98 Å². The number of nitrogens with zero attached hydrogens (tertiary/aromatic N) is 2. The minimum absolute atomic E-state index is 0.145. The van der Waals surface area contributed by atoms with E-state index in [1.807, 2.05) is 12.2 Å². The van der Waals surface area contributed by atoms with Gasteiger partial charge in [0.25, 0.3) is 0 Å². The lowest BCUT2D eigenvalue weighted by Crippen LogP contribution is -2.39. The topological polar surface area (TPSA) is 86.3 Å². The molecule has 6 heteroatoms. The summed E-state index contributed by atoms with van der Waals surface area (Å²) in [6.07, 6.45) is 7.92. The summed E-state index contributed by atoms with van der Waals surface area (Å²) in [6.45, 7) is 0.360. The molecule has 2 N–H and O–H groups in total. The molecule has 0 bridgehead atoms. The number of aromatic amines is 1. The van der Waals surface area contributed by atoms with Gasteiger partial charge < -0.3 is 15.0 Å². The maximum absolute atomic E-state index is 12.3. The zero-order valence-electron chi connectivity index (χ0n) is 10.7. The lowest BCUT2D eigenvalue weighted by Gasteiger charge is -2.28. The second kappa shape index (κ2) is 5.69. The van der Waals surface area contributed by atoms with Crippen LogP contribution in [0.5, 0.6) is 0 Å². The molecule has 0 fully saturated rings. The molecular weight excluding hydrogens is 246 g/mol. The average molecular weight is 263 g/mol. The molecular formula is C13H17N3O3. The summed E-state index contributed by atoms with van der Waals surface area (Å²) in [4.78, 5) is 32.0. The van der Waals surface area contributed by atoms with Gasteiger partial charge in [0.15, 0.2) is 0 Å². The van der Waals surface area contributed by atoms with Crippen molar-refractivity contribution in [1.29, 1.82) is 0 Å². The van der Waals surface area contributed by atoms with Crippen LogP contribution in [0.4, 0.5) is 0 Å². The van der Waals surface area contributed by atoms with E-state index >= 15 is 0 Å². The van der Waals surface area contributed by atoms with Crippen molar-refractivity contribution in [2.24, 2.45) is 11.8 Å². The fourth-order valence-corrected chi connectivity index (χ4v) is 2.33. The minimum Gasteiger partial charge on any atom is -0.481 e. The summed E-state index contributed by atoms with van der Waals surface area (Å²) < 4.78 is 0. The number of carboxylic acid groups (broad SMARTS) is 1. The predicted molar refractivity (Wildman–Crippen MR) is 68.1 cm³/mol. The first-order chi connectivity index (χ1) is 9.09. The number of nitrogens with one attached hydrogen (secondary N) is 1. The number of aliphatic carboxylic acids is 1. The van der Waals surface area contributed by atoms with Crippen molar-refractivity contribution in [3.8, 4) is 0 Å². The van der Waals surface area contributed by atoms with Gasteiger partial charge >= 0.3 is 5.97 Å². The van der Waals surface area contributed by atoms with Gasteiger partial charge in [0, 0.05) is 19.4 Å². The van der Waals surface area contributed by atoms with E-state index in [1.165, 1.54) is 4.90 Å². The van der Waals surface area contributed by atoms with Gasteiger partial charge in [-0.15, -0.1) is 0 Å². The molecule has 0 saturated carbocycles. The number of aromatic nitrogens is 2. The quantitative estimate of drug-likeness (QED) is 0.794. The SMILES string of the molecule is CN(Cc1ncc[nH]1)C(=O)C1CC=CCC1C(=O)O. The number of rotatable bonds is 4. The molecule has 0 aliphatic heterocycles. The number of H-pyrrole nitrogens is 1. The van der Waals surface area contributed by atoms with Crippen molar-refractivity contribution in [1.82, 2.24) is 14.9 Å². The number of hydrogen-bond acceptors (Lipinski definition) is 3. The third-order valence-electron chi connectivity index (χ3n) is 3.38. The van der Waals surface area contributed by atoms with E-state index in [4.69, 9.17) is 0 Å². The lowest BCUT2D eigenvalue weighted by molar-refractivity contribution is -0.150. The Hall–Kier alpha value is -2.11. The van der Waals surface area contributed by atoms with Gasteiger partial charge in [0.05, 0.1) is 18.4 Å². The maximum atomic E-state index is 12.3. The Kier molecular flexibility index (Phi) is 3.99. The zero-order chi connectivity index (χ0) is 13.8. The number of amides is 1. The number of carbonyl (C=O) groups excluding carboxylic acids is 1. The van der Waals surface area contributed by atoms with Crippen molar-refractivity contribution in [2.75, 3.05) is 7.05 Å². The van der Waals surface area contributed by atoms with E-state index < -0.39 is 17.8 Å². The van der Waals surface area contributed by atoms with E-state index in [0.29, 0.717) is 25.2 Å². The van der Waals surface area contributed by atoms with Crippen LogP contribution in [0, 0.1) is 11.8 Å². The fourth-order valence-electron chi connectivity index (χ4n) is 2.33. The van der Waals surface area contributed by atoms with Crippen molar-refractivity contribution < 1.29 is 14.7 Å². The van der Waals surface area contributed by atoms with E-state index in [-0.39, 0.29) is 5.91 Å². The van der Waals surface area contributed by atoms with Crippen LogP contribution in [0.2, 0.25) is 0 Å². The molecule has 2 unspecified atom stereocenters. The number of allylic oxidation sites excluding steroid dienone is 2. The Bertz CT molecular complexity index is 481. The lowest BCUT2D eigenvalue weighted by atomic mass is 9.82. The average Bonchev–Trinajstić information content (AvgIpc) is 2.90. The number of carbonyl (C=O) groups is 2. The summed E-state index contributed by atoms with van der Waals surface area (Å²) in [5.74, 6) is -1.48. The molecule has 0 aromatic carbocycles.